The van der Waals surface area contributed by atoms with Gasteiger partial charge in [0.05, 0.1) is 24.1 Å². The molecule has 1 aromatic heterocycles. The Morgan fingerprint density at radius 3 is 2.30 bits per heavy atom. The topological polar surface area (TPSA) is 90.7 Å². The predicted octanol–water partition coefficient (Wildman–Crippen LogP) is 3.41. The summed E-state index contributed by atoms with van der Waals surface area (Å²) in [6.07, 6.45) is 0.826. The van der Waals surface area contributed by atoms with Crippen LogP contribution in [0.2, 0.25) is 0 Å². The van der Waals surface area contributed by atoms with Crippen LogP contribution in [0.3, 0.4) is 0 Å². The van der Waals surface area contributed by atoms with Crippen molar-refractivity contribution in [1.29, 1.82) is 0 Å². The van der Waals surface area contributed by atoms with E-state index >= 15 is 0 Å². The molecular weight excluding hydrogens is 422 g/mol. The minimum Gasteiger partial charge on any atom is -0.469 e. The Balaban J connectivity index is 1.63. The number of benzene rings is 2. The molecule has 0 N–H and O–H groups in total. The van der Waals surface area contributed by atoms with Gasteiger partial charge >= 0.3 is 11.9 Å². The first-order chi connectivity index (χ1) is 15.8. The molecule has 0 bridgehead atoms. The van der Waals surface area contributed by atoms with Crippen molar-refractivity contribution in [3.05, 3.63) is 77.1 Å². The third-order valence-electron chi connectivity index (χ3n) is 5.44. The molecule has 0 radical (unpaired) electrons. The number of amides is 1. The average Bonchev–Trinajstić information content (AvgIpc) is 3.13. The number of carbonyl (C=O) groups is 3. The SMILES string of the molecule is COC(=O)CCc1c(C)nn(-c2ccc(C(=O)OCC(=O)N(C)c3ccccc3)cc2)c1C. The van der Waals surface area contributed by atoms with E-state index in [9.17, 15) is 14.4 Å². The molecule has 0 aliphatic heterocycles. The Morgan fingerprint density at radius 2 is 1.67 bits per heavy atom. The summed E-state index contributed by atoms with van der Waals surface area (Å²) in [6.45, 7) is 3.47. The van der Waals surface area contributed by atoms with Gasteiger partial charge in [-0.25, -0.2) is 9.48 Å². The number of hydrogen-bond donors (Lipinski definition) is 0. The van der Waals surface area contributed by atoms with E-state index in [0.717, 1.165) is 28.3 Å². The van der Waals surface area contributed by atoms with Crippen molar-refractivity contribution >= 4 is 23.5 Å². The van der Waals surface area contributed by atoms with Gasteiger partial charge in [0.15, 0.2) is 6.61 Å². The van der Waals surface area contributed by atoms with Gasteiger partial charge in [-0.2, -0.15) is 5.10 Å². The highest BCUT2D eigenvalue weighted by Crippen LogP contribution is 2.20. The Hall–Kier alpha value is -3.94. The molecule has 0 aliphatic rings. The lowest BCUT2D eigenvalue weighted by Crippen LogP contribution is -2.31. The molecule has 0 saturated heterocycles. The molecule has 172 valence electrons. The molecule has 1 heterocycles. The second-order valence-corrected chi connectivity index (χ2v) is 7.55. The summed E-state index contributed by atoms with van der Waals surface area (Å²) in [5, 5.41) is 4.56. The van der Waals surface area contributed by atoms with Gasteiger partial charge in [0.1, 0.15) is 0 Å². The van der Waals surface area contributed by atoms with E-state index in [-0.39, 0.29) is 24.9 Å². The second kappa shape index (κ2) is 10.6. The molecule has 0 atom stereocenters. The lowest BCUT2D eigenvalue weighted by atomic mass is 10.1. The number of aromatic nitrogens is 2. The fourth-order valence-electron chi connectivity index (χ4n) is 3.46. The summed E-state index contributed by atoms with van der Waals surface area (Å²) >= 11 is 0. The normalized spacial score (nSPS) is 10.5. The molecule has 0 aliphatic carbocycles. The molecule has 3 rings (SSSR count). The van der Waals surface area contributed by atoms with Crippen molar-refractivity contribution in [2.75, 3.05) is 25.7 Å². The zero-order chi connectivity index (χ0) is 24.0. The van der Waals surface area contributed by atoms with Gasteiger partial charge in [0.25, 0.3) is 5.91 Å². The van der Waals surface area contributed by atoms with E-state index in [1.54, 1.807) is 48.1 Å². The van der Waals surface area contributed by atoms with Crippen LogP contribution in [0.5, 0.6) is 0 Å². The lowest BCUT2D eigenvalue weighted by Gasteiger charge is -2.17. The van der Waals surface area contributed by atoms with Crippen molar-refractivity contribution in [3.63, 3.8) is 0 Å². The molecule has 1 amide bonds. The Kier molecular flexibility index (Phi) is 7.61. The number of nitrogens with zero attached hydrogens (tertiary/aromatic N) is 3. The summed E-state index contributed by atoms with van der Waals surface area (Å²) in [6, 6.07) is 15.9. The van der Waals surface area contributed by atoms with Crippen molar-refractivity contribution in [3.8, 4) is 5.69 Å². The third kappa shape index (κ3) is 5.65. The zero-order valence-electron chi connectivity index (χ0n) is 19.2. The number of methoxy groups -OCH3 is 1. The smallest absolute Gasteiger partial charge is 0.338 e. The predicted molar refractivity (Wildman–Crippen MR) is 124 cm³/mol. The van der Waals surface area contributed by atoms with Crippen molar-refractivity contribution in [1.82, 2.24) is 9.78 Å². The van der Waals surface area contributed by atoms with Crippen LogP contribution in [-0.2, 0) is 25.5 Å². The Morgan fingerprint density at radius 1 is 1.00 bits per heavy atom. The fourth-order valence-corrected chi connectivity index (χ4v) is 3.46. The van der Waals surface area contributed by atoms with Crippen LogP contribution >= 0.6 is 0 Å². The van der Waals surface area contributed by atoms with Crippen LogP contribution in [0.4, 0.5) is 5.69 Å². The van der Waals surface area contributed by atoms with Crippen molar-refractivity contribution in [2.24, 2.45) is 0 Å². The van der Waals surface area contributed by atoms with Crippen molar-refractivity contribution < 1.29 is 23.9 Å². The van der Waals surface area contributed by atoms with Gasteiger partial charge in [-0.3, -0.25) is 9.59 Å². The molecule has 0 saturated carbocycles. The first-order valence-corrected chi connectivity index (χ1v) is 10.5. The van der Waals surface area contributed by atoms with E-state index in [1.165, 1.54) is 12.0 Å². The van der Waals surface area contributed by atoms with Gasteiger partial charge in [0.2, 0.25) is 0 Å². The van der Waals surface area contributed by atoms with E-state index in [0.29, 0.717) is 12.0 Å². The van der Waals surface area contributed by atoms with E-state index in [1.807, 2.05) is 32.0 Å². The summed E-state index contributed by atoms with van der Waals surface area (Å²) < 4.78 is 11.7. The van der Waals surface area contributed by atoms with Gasteiger partial charge in [-0.15, -0.1) is 0 Å². The van der Waals surface area contributed by atoms with E-state index < -0.39 is 5.97 Å². The van der Waals surface area contributed by atoms with Crippen LogP contribution in [0, 0.1) is 13.8 Å². The maximum absolute atomic E-state index is 12.4. The minimum absolute atomic E-state index is 0.266. The number of likely N-dealkylation sites (N-methyl/N-ethyl adjacent to an activating group) is 1. The molecule has 0 unspecified atom stereocenters. The quantitative estimate of drug-likeness (QED) is 0.490. The molecular formula is C25H27N3O5. The monoisotopic (exact) mass is 449 g/mol. The average molecular weight is 450 g/mol. The lowest BCUT2D eigenvalue weighted by molar-refractivity contribution is -0.140. The highest BCUT2D eigenvalue weighted by molar-refractivity contribution is 5.96. The van der Waals surface area contributed by atoms with E-state index in [4.69, 9.17) is 9.47 Å². The summed E-state index contributed by atoms with van der Waals surface area (Å²) in [7, 11) is 3.00. The van der Waals surface area contributed by atoms with Crippen LogP contribution in [-0.4, -0.2) is 48.4 Å². The molecule has 8 heteroatoms. The van der Waals surface area contributed by atoms with Crippen LogP contribution < -0.4 is 4.90 Å². The maximum atomic E-state index is 12.4. The summed E-state index contributed by atoms with van der Waals surface area (Å²) in [5.74, 6) is -1.17. The standard InChI is InChI=1S/C25H27N3O5/c1-17-22(14-15-24(30)32-4)18(2)28(26-17)21-12-10-19(11-13-21)25(31)33-16-23(29)27(3)20-8-6-5-7-9-20/h5-13H,14-16H2,1-4H3. The molecule has 0 fully saturated rings. The summed E-state index contributed by atoms with van der Waals surface area (Å²) in [5.41, 5.74) is 4.57. The van der Waals surface area contributed by atoms with Crippen LogP contribution in [0.25, 0.3) is 5.69 Å². The van der Waals surface area contributed by atoms with E-state index in [2.05, 4.69) is 5.10 Å². The highest BCUT2D eigenvalue weighted by Gasteiger charge is 2.17. The highest BCUT2D eigenvalue weighted by atomic mass is 16.5. The first kappa shape index (κ1) is 23.7. The molecule has 0 spiro atoms. The Labute approximate surface area is 192 Å². The van der Waals surface area contributed by atoms with Gasteiger partial charge in [0, 0.05) is 24.8 Å². The summed E-state index contributed by atoms with van der Waals surface area (Å²) in [4.78, 5) is 37.6. The van der Waals surface area contributed by atoms with Gasteiger partial charge < -0.3 is 14.4 Å². The third-order valence-corrected chi connectivity index (χ3v) is 5.44. The van der Waals surface area contributed by atoms with Crippen LogP contribution in [0.15, 0.2) is 54.6 Å². The number of aryl methyl sites for hydroxylation is 1. The molecule has 2 aromatic carbocycles. The number of anilines is 1. The number of hydrogen-bond acceptors (Lipinski definition) is 6. The number of rotatable bonds is 8. The number of ether oxygens (including phenoxy) is 2. The number of para-hydroxylation sites is 1. The van der Waals surface area contributed by atoms with Gasteiger partial charge in [-0.1, -0.05) is 18.2 Å². The van der Waals surface area contributed by atoms with Gasteiger partial charge in [-0.05, 0) is 62.2 Å². The fraction of sp³-hybridized carbons (Fsp3) is 0.280. The number of carbonyl (C=O) groups excluding carboxylic acids is 3. The second-order valence-electron chi connectivity index (χ2n) is 7.55. The van der Waals surface area contributed by atoms with Crippen molar-refractivity contribution in [2.45, 2.75) is 26.7 Å². The zero-order valence-corrected chi connectivity index (χ0v) is 19.2. The Bertz CT molecular complexity index is 1140. The van der Waals surface area contributed by atoms with Crippen LogP contribution in [0.1, 0.15) is 33.7 Å². The minimum atomic E-state index is -0.580. The first-order valence-electron chi connectivity index (χ1n) is 10.5. The number of esters is 2. The maximum Gasteiger partial charge on any atom is 0.338 e. The molecule has 8 nitrogen and oxygen atoms in total. The molecule has 3 aromatic rings. The molecule has 33 heavy (non-hydrogen) atoms. The largest absolute Gasteiger partial charge is 0.469 e.